The average molecular weight is 340 g/mol. The van der Waals surface area contributed by atoms with E-state index in [4.69, 9.17) is 4.74 Å². The van der Waals surface area contributed by atoms with Gasteiger partial charge in [-0.05, 0) is 37.8 Å². The van der Waals surface area contributed by atoms with E-state index in [0.717, 1.165) is 30.3 Å². The minimum atomic E-state index is 0.0320. The molecule has 1 aliphatic carbocycles. The van der Waals surface area contributed by atoms with Gasteiger partial charge in [-0.25, -0.2) is 4.98 Å². The van der Waals surface area contributed by atoms with E-state index in [2.05, 4.69) is 21.5 Å². The van der Waals surface area contributed by atoms with E-state index >= 15 is 0 Å². The molecule has 0 saturated heterocycles. The van der Waals surface area contributed by atoms with Crippen LogP contribution in [0.5, 0.6) is 0 Å². The molecule has 6 nitrogen and oxygen atoms in total. The predicted octanol–water partition coefficient (Wildman–Crippen LogP) is 2.70. The number of amides is 1. The molecule has 1 fully saturated rings. The summed E-state index contributed by atoms with van der Waals surface area (Å²) in [5.41, 5.74) is 1.98. The average Bonchev–Trinajstić information content (AvgIpc) is 3.34. The highest BCUT2D eigenvalue weighted by atomic mass is 16.5. The van der Waals surface area contributed by atoms with Gasteiger partial charge in [-0.15, -0.1) is 0 Å². The molecule has 6 heteroatoms. The number of nitrogens with zero attached hydrogens (tertiary/aromatic N) is 4. The quantitative estimate of drug-likeness (QED) is 0.811. The Bertz CT molecular complexity index is 739. The van der Waals surface area contributed by atoms with Crippen molar-refractivity contribution in [1.82, 2.24) is 19.4 Å². The molecule has 0 bridgehead atoms. The molecular weight excluding hydrogens is 316 g/mol. The summed E-state index contributed by atoms with van der Waals surface area (Å²) in [6.07, 6.45) is 6.76. The Hall–Kier alpha value is -2.21. The lowest BCUT2D eigenvalue weighted by molar-refractivity contribution is -0.134. The second kappa shape index (κ2) is 6.96. The van der Waals surface area contributed by atoms with E-state index < -0.39 is 0 Å². The van der Waals surface area contributed by atoms with Gasteiger partial charge in [0, 0.05) is 25.7 Å². The zero-order chi connectivity index (χ0) is 17.2. The highest BCUT2D eigenvalue weighted by Gasteiger charge is 2.33. The summed E-state index contributed by atoms with van der Waals surface area (Å²) in [5.74, 6) is 1.86. The molecule has 1 aliphatic heterocycles. The third-order valence-corrected chi connectivity index (χ3v) is 5.08. The van der Waals surface area contributed by atoms with Crippen LogP contribution in [0, 0.1) is 5.92 Å². The van der Waals surface area contributed by atoms with E-state index in [9.17, 15) is 4.79 Å². The van der Waals surface area contributed by atoms with Gasteiger partial charge in [-0.3, -0.25) is 9.78 Å². The Labute approximate surface area is 147 Å². The number of carbonyl (C=O) groups is 1. The number of pyridine rings is 1. The lowest BCUT2D eigenvalue weighted by Gasteiger charge is -2.34. The predicted molar refractivity (Wildman–Crippen MR) is 92.4 cm³/mol. The van der Waals surface area contributed by atoms with Crippen molar-refractivity contribution in [3.8, 4) is 0 Å². The number of aromatic nitrogens is 3. The van der Waals surface area contributed by atoms with Crippen LogP contribution in [0.15, 0.2) is 30.6 Å². The Morgan fingerprint density at radius 1 is 1.24 bits per heavy atom. The number of rotatable bonds is 6. The van der Waals surface area contributed by atoms with Crippen LogP contribution in [-0.4, -0.2) is 31.9 Å². The fourth-order valence-corrected chi connectivity index (χ4v) is 3.45. The first-order valence-electron chi connectivity index (χ1n) is 9.04. The largest absolute Gasteiger partial charge is 0.369 e. The van der Waals surface area contributed by atoms with E-state index in [1.807, 2.05) is 29.3 Å². The van der Waals surface area contributed by atoms with Crippen LogP contribution >= 0.6 is 0 Å². The molecule has 25 heavy (non-hydrogen) atoms. The van der Waals surface area contributed by atoms with Gasteiger partial charge in [0.05, 0.1) is 36.8 Å². The number of hydrogen-bond acceptors (Lipinski definition) is 4. The number of carbonyl (C=O) groups excluding carboxylic acids is 1. The maximum atomic E-state index is 12.5. The molecule has 0 unspecified atom stereocenters. The van der Waals surface area contributed by atoms with Gasteiger partial charge in [-0.1, -0.05) is 6.07 Å². The van der Waals surface area contributed by atoms with Crippen molar-refractivity contribution in [2.75, 3.05) is 6.54 Å². The van der Waals surface area contributed by atoms with Crippen LogP contribution in [0.25, 0.3) is 0 Å². The van der Waals surface area contributed by atoms with Crippen LogP contribution in [0.4, 0.5) is 0 Å². The third kappa shape index (κ3) is 3.58. The third-order valence-electron chi connectivity index (χ3n) is 5.08. The summed E-state index contributed by atoms with van der Waals surface area (Å²) in [4.78, 5) is 23.3. The molecule has 2 aliphatic rings. The molecule has 0 aromatic carbocycles. The van der Waals surface area contributed by atoms with Crippen molar-refractivity contribution in [3.63, 3.8) is 0 Å². The molecule has 1 amide bonds. The summed E-state index contributed by atoms with van der Waals surface area (Å²) in [6, 6.07) is 5.84. The summed E-state index contributed by atoms with van der Waals surface area (Å²) >= 11 is 0. The molecule has 1 atom stereocenters. The van der Waals surface area contributed by atoms with Crippen LogP contribution < -0.4 is 0 Å². The summed E-state index contributed by atoms with van der Waals surface area (Å²) in [5, 5.41) is 0. The molecule has 132 valence electrons. The number of hydrogen-bond donors (Lipinski definition) is 0. The molecule has 0 radical (unpaired) electrons. The highest BCUT2D eigenvalue weighted by Crippen LogP contribution is 2.35. The first-order chi connectivity index (χ1) is 12.2. The van der Waals surface area contributed by atoms with Gasteiger partial charge in [-0.2, -0.15) is 0 Å². The first-order valence-corrected chi connectivity index (χ1v) is 9.04. The summed E-state index contributed by atoms with van der Waals surface area (Å²) < 4.78 is 8.00. The Balaban J connectivity index is 1.38. The SMILES string of the molecule is C[C@H]1c2ncc(COCc3ccccn3)n2CCN1C(=O)CC1CC1. The topological polar surface area (TPSA) is 60.3 Å². The fraction of sp³-hybridized carbons (Fsp3) is 0.526. The van der Waals surface area contributed by atoms with Crippen molar-refractivity contribution >= 4 is 5.91 Å². The minimum absolute atomic E-state index is 0.0320. The van der Waals surface area contributed by atoms with E-state index in [0.29, 0.717) is 25.6 Å². The standard InChI is InChI=1S/C19H24N4O2/c1-14-19-21-11-17(13-25-12-16-4-2-3-7-20-16)23(19)9-8-22(14)18(24)10-15-5-6-15/h2-4,7,11,14-15H,5-6,8-10,12-13H2,1H3/t14-/m0/s1. The minimum Gasteiger partial charge on any atom is -0.369 e. The van der Waals surface area contributed by atoms with Crippen molar-refractivity contribution in [1.29, 1.82) is 0 Å². The van der Waals surface area contributed by atoms with Crippen molar-refractivity contribution in [2.45, 2.75) is 52.0 Å². The monoisotopic (exact) mass is 340 g/mol. The van der Waals surface area contributed by atoms with Gasteiger partial charge in [0.25, 0.3) is 0 Å². The Morgan fingerprint density at radius 2 is 2.12 bits per heavy atom. The van der Waals surface area contributed by atoms with Crippen LogP contribution in [0.3, 0.4) is 0 Å². The first kappa shape index (κ1) is 16.3. The second-order valence-electron chi connectivity index (χ2n) is 6.98. The highest BCUT2D eigenvalue weighted by molar-refractivity contribution is 5.77. The van der Waals surface area contributed by atoms with Crippen molar-refractivity contribution in [2.24, 2.45) is 5.92 Å². The molecule has 0 spiro atoms. The Morgan fingerprint density at radius 3 is 2.88 bits per heavy atom. The van der Waals surface area contributed by atoms with E-state index in [1.54, 1.807) is 6.20 Å². The van der Waals surface area contributed by atoms with Gasteiger partial charge in [0.15, 0.2) is 0 Å². The van der Waals surface area contributed by atoms with Crippen LogP contribution in [0.2, 0.25) is 0 Å². The summed E-state index contributed by atoms with van der Waals surface area (Å²) in [7, 11) is 0. The van der Waals surface area contributed by atoms with Crippen LogP contribution in [-0.2, 0) is 29.3 Å². The van der Waals surface area contributed by atoms with Gasteiger partial charge in [0.1, 0.15) is 5.82 Å². The molecule has 4 rings (SSSR count). The molecule has 2 aromatic rings. The van der Waals surface area contributed by atoms with Gasteiger partial charge in [0.2, 0.25) is 5.91 Å². The second-order valence-corrected chi connectivity index (χ2v) is 6.98. The smallest absolute Gasteiger partial charge is 0.223 e. The zero-order valence-corrected chi connectivity index (χ0v) is 14.6. The number of ether oxygens (including phenoxy) is 1. The maximum absolute atomic E-state index is 12.5. The number of imidazole rings is 1. The van der Waals surface area contributed by atoms with Crippen LogP contribution in [0.1, 0.15) is 49.4 Å². The lowest BCUT2D eigenvalue weighted by atomic mass is 10.1. The summed E-state index contributed by atoms with van der Waals surface area (Å²) in [6.45, 7) is 4.61. The van der Waals surface area contributed by atoms with E-state index in [1.165, 1.54) is 12.8 Å². The molecule has 2 aromatic heterocycles. The molecular formula is C19H24N4O2. The molecule has 3 heterocycles. The van der Waals surface area contributed by atoms with Gasteiger partial charge < -0.3 is 14.2 Å². The van der Waals surface area contributed by atoms with Crippen molar-refractivity contribution < 1.29 is 9.53 Å². The van der Waals surface area contributed by atoms with E-state index in [-0.39, 0.29) is 11.9 Å². The fourth-order valence-electron chi connectivity index (χ4n) is 3.45. The zero-order valence-electron chi connectivity index (χ0n) is 14.6. The Kier molecular flexibility index (Phi) is 4.53. The number of fused-ring (bicyclic) bond motifs is 1. The lowest BCUT2D eigenvalue weighted by Crippen LogP contribution is -2.41. The molecule has 1 saturated carbocycles. The van der Waals surface area contributed by atoms with Crippen molar-refractivity contribution in [3.05, 3.63) is 47.8 Å². The molecule has 0 N–H and O–H groups in total. The normalized spacial score (nSPS) is 19.7. The van der Waals surface area contributed by atoms with Gasteiger partial charge >= 0.3 is 0 Å². The maximum Gasteiger partial charge on any atom is 0.223 e.